The molecule has 0 bridgehead atoms. The number of hydrogen-bond acceptors (Lipinski definition) is 4. The van der Waals surface area contributed by atoms with Crippen LogP contribution < -0.4 is 0 Å². The van der Waals surface area contributed by atoms with E-state index in [0.717, 1.165) is 24.2 Å². The minimum absolute atomic E-state index is 0.00523. The van der Waals surface area contributed by atoms with E-state index in [-0.39, 0.29) is 18.1 Å². The molecule has 1 saturated carbocycles. The molecule has 2 fully saturated rings. The molecule has 2 heterocycles. The summed E-state index contributed by atoms with van der Waals surface area (Å²) in [6.45, 7) is 2.93. The molecule has 1 aliphatic carbocycles. The van der Waals surface area contributed by atoms with E-state index in [1.807, 2.05) is 36.1 Å². The molecular formula is C19H20ClN3O2. The molecule has 6 heteroatoms. The van der Waals surface area contributed by atoms with E-state index >= 15 is 0 Å². The van der Waals surface area contributed by atoms with Crippen LogP contribution in [0.4, 0.5) is 0 Å². The average Bonchev–Trinajstić information content (AvgIpc) is 3.48. The third-order valence-electron chi connectivity index (χ3n) is 4.81. The molecule has 25 heavy (non-hydrogen) atoms. The number of nitrogens with zero attached hydrogens (tertiary/aromatic N) is 3. The van der Waals surface area contributed by atoms with Crippen molar-refractivity contribution in [2.24, 2.45) is 0 Å². The number of carbonyl (C=O) groups is 1. The van der Waals surface area contributed by atoms with E-state index in [4.69, 9.17) is 16.3 Å². The van der Waals surface area contributed by atoms with Crippen molar-refractivity contribution in [2.45, 2.75) is 37.8 Å². The summed E-state index contributed by atoms with van der Waals surface area (Å²) in [5, 5.41) is 0.659. The first-order valence-electron chi connectivity index (χ1n) is 8.62. The Labute approximate surface area is 152 Å². The van der Waals surface area contributed by atoms with Crippen molar-refractivity contribution >= 4 is 17.5 Å². The number of halogens is 1. The lowest BCUT2D eigenvalue weighted by Crippen LogP contribution is -2.48. The van der Waals surface area contributed by atoms with Gasteiger partial charge < -0.3 is 9.64 Å². The van der Waals surface area contributed by atoms with E-state index in [9.17, 15) is 4.79 Å². The first-order chi connectivity index (χ1) is 12.1. The molecule has 2 aliphatic rings. The second kappa shape index (κ2) is 6.73. The minimum atomic E-state index is -0.222. The van der Waals surface area contributed by atoms with Crippen LogP contribution in [0, 0.1) is 0 Å². The highest BCUT2D eigenvalue weighted by molar-refractivity contribution is 6.31. The van der Waals surface area contributed by atoms with Crippen LogP contribution in [0.5, 0.6) is 0 Å². The Hall–Kier alpha value is -1.98. The minimum Gasteiger partial charge on any atom is -0.369 e. The number of carbonyl (C=O) groups excluding carboxylic acids is 1. The van der Waals surface area contributed by atoms with Crippen molar-refractivity contribution in [1.82, 2.24) is 14.9 Å². The SMILES string of the molecule is CC1COC(c2ccccc2Cl)CN1C(=O)c1cnc(C2CC2)nc1. The van der Waals surface area contributed by atoms with Gasteiger partial charge in [0.2, 0.25) is 0 Å². The quantitative estimate of drug-likeness (QED) is 0.842. The number of ether oxygens (including phenoxy) is 1. The van der Waals surface area contributed by atoms with Gasteiger partial charge in [0.05, 0.1) is 24.8 Å². The zero-order valence-electron chi connectivity index (χ0n) is 14.1. The Bertz CT molecular complexity index is 776. The number of aromatic nitrogens is 2. The fraction of sp³-hybridized carbons (Fsp3) is 0.421. The first-order valence-corrected chi connectivity index (χ1v) is 9.00. The maximum atomic E-state index is 12.9. The molecule has 1 aromatic carbocycles. The van der Waals surface area contributed by atoms with Gasteiger partial charge in [0.15, 0.2) is 0 Å². The van der Waals surface area contributed by atoms with Crippen LogP contribution >= 0.6 is 11.6 Å². The van der Waals surface area contributed by atoms with Gasteiger partial charge in [0, 0.05) is 28.9 Å². The summed E-state index contributed by atoms with van der Waals surface area (Å²) in [5.74, 6) is 1.27. The van der Waals surface area contributed by atoms with Crippen LogP contribution in [-0.4, -0.2) is 40.0 Å². The molecule has 5 nitrogen and oxygen atoms in total. The summed E-state index contributed by atoms with van der Waals surface area (Å²) < 4.78 is 5.92. The van der Waals surface area contributed by atoms with Crippen LogP contribution in [0.15, 0.2) is 36.7 Å². The van der Waals surface area contributed by atoms with Crippen molar-refractivity contribution in [3.8, 4) is 0 Å². The maximum absolute atomic E-state index is 12.9. The summed E-state index contributed by atoms with van der Waals surface area (Å²) in [5.41, 5.74) is 1.44. The van der Waals surface area contributed by atoms with E-state index in [2.05, 4.69) is 9.97 Å². The number of morpholine rings is 1. The van der Waals surface area contributed by atoms with Gasteiger partial charge >= 0.3 is 0 Å². The van der Waals surface area contributed by atoms with Gasteiger partial charge in [0.1, 0.15) is 11.9 Å². The first kappa shape index (κ1) is 16.5. The highest BCUT2D eigenvalue weighted by Gasteiger charge is 2.32. The van der Waals surface area contributed by atoms with Crippen molar-refractivity contribution in [3.05, 3.63) is 58.6 Å². The molecule has 0 spiro atoms. The van der Waals surface area contributed by atoms with Crippen LogP contribution in [-0.2, 0) is 4.74 Å². The average molecular weight is 358 g/mol. The summed E-state index contributed by atoms with van der Waals surface area (Å²) in [6.07, 6.45) is 5.37. The summed E-state index contributed by atoms with van der Waals surface area (Å²) in [7, 11) is 0. The van der Waals surface area contributed by atoms with Gasteiger partial charge in [-0.15, -0.1) is 0 Å². The van der Waals surface area contributed by atoms with Crippen LogP contribution in [0.25, 0.3) is 0 Å². The Morgan fingerprint density at radius 2 is 1.96 bits per heavy atom. The van der Waals surface area contributed by atoms with Crippen LogP contribution in [0.1, 0.15) is 53.5 Å². The summed E-state index contributed by atoms with van der Waals surface area (Å²) in [4.78, 5) is 23.5. The molecule has 1 amide bonds. The highest BCUT2D eigenvalue weighted by atomic mass is 35.5. The molecule has 2 aromatic rings. The van der Waals surface area contributed by atoms with Crippen molar-refractivity contribution in [2.75, 3.05) is 13.2 Å². The lowest BCUT2D eigenvalue weighted by Gasteiger charge is -2.38. The third kappa shape index (κ3) is 3.39. The van der Waals surface area contributed by atoms with Gasteiger partial charge in [-0.1, -0.05) is 29.8 Å². The second-order valence-electron chi connectivity index (χ2n) is 6.75. The fourth-order valence-corrected chi connectivity index (χ4v) is 3.39. The monoisotopic (exact) mass is 357 g/mol. The number of benzene rings is 1. The topological polar surface area (TPSA) is 55.3 Å². The molecule has 0 radical (unpaired) electrons. The largest absolute Gasteiger partial charge is 0.369 e. The lowest BCUT2D eigenvalue weighted by molar-refractivity contribution is -0.0486. The van der Waals surface area contributed by atoms with Crippen LogP contribution in [0.2, 0.25) is 5.02 Å². The maximum Gasteiger partial charge on any atom is 0.257 e. The standard InChI is InChI=1S/C19H20ClN3O2/c1-12-11-25-17(15-4-2-3-5-16(15)20)10-23(12)19(24)14-8-21-18(22-9-14)13-6-7-13/h2-5,8-9,12-13,17H,6-7,10-11H2,1H3. The number of hydrogen-bond donors (Lipinski definition) is 0. The van der Waals surface area contributed by atoms with E-state index in [1.165, 1.54) is 0 Å². The molecule has 2 atom stereocenters. The molecule has 1 aromatic heterocycles. The molecule has 130 valence electrons. The lowest BCUT2D eigenvalue weighted by atomic mass is 10.1. The Morgan fingerprint density at radius 1 is 1.24 bits per heavy atom. The summed E-state index contributed by atoms with van der Waals surface area (Å²) >= 11 is 6.29. The van der Waals surface area contributed by atoms with Gasteiger partial charge in [-0.05, 0) is 25.8 Å². The Balaban J connectivity index is 1.53. The van der Waals surface area contributed by atoms with Gasteiger partial charge in [-0.3, -0.25) is 4.79 Å². The van der Waals surface area contributed by atoms with Crippen molar-refractivity contribution < 1.29 is 9.53 Å². The Kier molecular flexibility index (Phi) is 4.44. The number of rotatable bonds is 3. The van der Waals surface area contributed by atoms with Crippen LogP contribution in [0.3, 0.4) is 0 Å². The normalized spacial score (nSPS) is 23.5. The van der Waals surface area contributed by atoms with E-state index in [1.54, 1.807) is 12.4 Å². The molecule has 4 rings (SSSR count). The zero-order valence-corrected chi connectivity index (χ0v) is 14.8. The fourth-order valence-electron chi connectivity index (χ4n) is 3.13. The molecule has 1 aliphatic heterocycles. The van der Waals surface area contributed by atoms with Crippen molar-refractivity contribution in [1.29, 1.82) is 0 Å². The zero-order chi connectivity index (χ0) is 17.4. The second-order valence-corrected chi connectivity index (χ2v) is 7.16. The van der Waals surface area contributed by atoms with Gasteiger partial charge in [-0.2, -0.15) is 0 Å². The predicted molar refractivity (Wildman–Crippen MR) is 94.7 cm³/mol. The molecular weight excluding hydrogens is 338 g/mol. The smallest absolute Gasteiger partial charge is 0.257 e. The third-order valence-corrected chi connectivity index (χ3v) is 5.15. The molecule has 1 saturated heterocycles. The van der Waals surface area contributed by atoms with Crippen molar-refractivity contribution in [3.63, 3.8) is 0 Å². The van der Waals surface area contributed by atoms with Gasteiger partial charge in [0.25, 0.3) is 5.91 Å². The molecule has 0 N–H and O–H groups in total. The Morgan fingerprint density at radius 3 is 2.64 bits per heavy atom. The number of amides is 1. The van der Waals surface area contributed by atoms with E-state index < -0.39 is 0 Å². The predicted octanol–water partition coefficient (Wildman–Crippen LogP) is 3.61. The molecule has 2 unspecified atom stereocenters. The summed E-state index contributed by atoms with van der Waals surface area (Å²) in [6, 6.07) is 7.60. The van der Waals surface area contributed by atoms with Gasteiger partial charge in [-0.25, -0.2) is 9.97 Å². The highest BCUT2D eigenvalue weighted by Crippen LogP contribution is 2.37. The van der Waals surface area contributed by atoms with E-state index in [0.29, 0.717) is 29.7 Å².